The number of hydrogen-bond acceptors (Lipinski definition) is 4. The van der Waals surface area contributed by atoms with Gasteiger partial charge in [-0.15, -0.1) is 8.78 Å². The van der Waals surface area contributed by atoms with Gasteiger partial charge in [0, 0.05) is 17.7 Å². The normalized spacial score (nSPS) is 18.2. The fourth-order valence-corrected chi connectivity index (χ4v) is 3.68. The fourth-order valence-electron chi connectivity index (χ4n) is 3.68. The molecule has 2 heterocycles. The van der Waals surface area contributed by atoms with E-state index < -0.39 is 29.9 Å². The van der Waals surface area contributed by atoms with E-state index in [2.05, 4.69) is 19.9 Å². The average molecular weight is 457 g/mol. The number of amides is 2. The maximum Gasteiger partial charge on any atom is 0.586 e. The number of ether oxygens (including phenoxy) is 2. The van der Waals surface area contributed by atoms with Crippen LogP contribution < -0.4 is 14.8 Å². The molecule has 6 nitrogen and oxygen atoms in total. The Kier molecular flexibility index (Phi) is 4.92. The lowest BCUT2D eigenvalue weighted by Crippen LogP contribution is -2.30. The van der Waals surface area contributed by atoms with Crippen molar-refractivity contribution in [2.75, 3.05) is 11.9 Å². The van der Waals surface area contributed by atoms with E-state index in [0.29, 0.717) is 11.3 Å². The van der Waals surface area contributed by atoms with E-state index in [1.54, 1.807) is 24.3 Å². The number of fused-ring (bicyclic) bond motifs is 1. The van der Waals surface area contributed by atoms with Crippen LogP contribution in [0.1, 0.15) is 17.0 Å². The molecule has 1 atom stereocenters. The number of halogens is 4. The summed E-state index contributed by atoms with van der Waals surface area (Å²) >= 11 is 0. The van der Waals surface area contributed by atoms with Gasteiger partial charge in [-0.1, -0.05) is 24.3 Å². The standard InChI is InChI=1S/C23H15F4N3O3/c24-15-5-1-13(2-6-15)18-12-30(29-21(18)14-3-7-16(25)8-4-14)22(31)28-17-9-10-19-20(11-17)33-23(26,27)32-19/h1-11,18H,12H2,(H,28,31). The smallest absolute Gasteiger partial charge is 0.395 e. The minimum absolute atomic E-state index is 0.132. The van der Waals surface area contributed by atoms with Crippen molar-refractivity contribution in [2.45, 2.75) is 12.2 Å². The first-order valence-corrected chi connectivity index (χ1v) is 9.86. The lowest BCUT2D eigenvalue weighted by atomic mass is 9.90. The molecular formula is C23H15F4N3O3. The monoisotopic (exact) mass is 457 g/mol. The van der Waals surface area contributed by atoms with Gasteiger partial charge >= 0.3 is 12.3 Å². The molecule has 33 heavy (non-hydrogen) atoms. The van der Waals surface area contributed by atoms with Crippen LogP contribution in [0.5, 0.6) is 11.5 Å². The van der Waals surface area contributed by atoms with Gasteiger partial charge in [0.05, 0.1) is 12.3 Å². The highest BCUT2D eigenvalue weighted by atomic mass is 19.3. The van der Waals surface area contributed by atoms with E-state index in [4.69, 9.17) is 0 Å². The Hall–Kier alpha value is -4.08. The maximum absolute atomic E-state index is 13.4. The second-order valence-electron chi connectivity index (χ2n) is 7.44. The minimum atomic E-state index is -3.77. The first-order valence-electron chi connectivity index (χ1n) is 9.86. The molecular weight excluding hydrogens is 442 g/mol. The number of hydrogen-bond donors (Lipinski definition) is 1. The number of nitrogens with zero attached hydrogens (tertiary/aromatic N) is 2. The second-order valence-corrected chi connectivity index (χ2v) is 7.44. The van der Waals surface area contributed by atoms with Gasteiger partial charge in [-0.25, -0.2) is 18.6 Å². The molecule has 0 saturated carbocycles. The van der Waals surface area contributed by atoms with Gasteiger partial charge < -0.3 is 14.8 Å². The fraction of sp³-hybridized carbons (Fsp3) is 0.130. The summed E-state index contributed by atoms with van der Waals surface area (Å²) < 4.78 is 62.0. The quantitative estimate of drug-likeness (QED) is 0.542. The largest absolute Gasteiger partial charge is 0.586 e. The van der Waals surface area contributed by atoms with Crippen LogP contribution in [0, 0.1) is 11.6 Å². The topological polar surface area (TPSA) is 63.2 Å². The number of hydrazone groups is 1. The summed E-state index contributed by atoms with van der Waals surface area (Å²) in [5.74, 6) is -1.57. The van der Waals surface area contributed by atoms with Crippen molar-refractivity contribution in [1.29, 1.82) is 0 Å². The zero-order chi connectivity index (χ0) is 23.2. The molecule has 0 aromatic heterocycles. The molecule has 2 aliphatic rings. The van der Waals surface area contributed by atoms with Gasteiger partial charge in [-0.05, 0) is 47.5 Å². The van der Waals surface area contributed by atoms with E-state index in [0.717, 1.165) is 5.56 Å². The van der Waals surface area contributed by atoms with Gasteiger partial charge in [0.15, 0.2) is 11.5 Å². The van der Waals surface area contributed by atoms with Gasteiger partial charge in [-0.3, -0.25) is 0 Å². The molecule has 0 aliphatic carbocycles. The number of carbonyl (C=O) groups excluding carboxylic acids is 1. The van der Waals surface area contributed by atoms with Crippen molar-refractivity contribution in [1.82, 2.24) is 5.01 Å². The third-order valence-electron chi connectivity index (χ3n) is 5.21. The molecule has 168 valence electrons. The van der Waals surface area contributed by atoms with Crippen molar-refractivity contribution >= 4 is 17.4 Å². The summed E-state index contributed by atoms with van der Waals surface area (Å²) in [7, 11) is 0. The Balaban J connectivity index is 1.40. The molecule has 5 rings (SSSR count). The van der Waals surface area contributed by atoms with Crippen LogP contribution >= 0.6 is 0 Å². The Bertz CT molecular complexity index is 1250. The van der Waals surface area contributed by atoms with Crippen LogP contribution in [0.15, 0.2) is 71.8 Å². The Morgan fingerprint density at radius 3 is 2.27 bits per heavy atom. The van der Waals surface area contributed by atoms with Crippen molar-refractivity contribution in [3.05, 3.63) is 89.5 Å². The summed E-state index contributed by atoms with van der Waals surface area (Å²) in [5, 5.41) is 8.16. The average Bonchev–Trinajstić information content (AvgIpc) is 3.34. The highest BCUT2D eigenvalue weighted by Gasteiger charge is 2.43. The number of nitrogens with one attached hydrogen (secondary N) is 1. The predicted molar refractivity (Wildman–Crippen MR) is 110 cm³/mol. The molecule has 0 bridgehead atoms. The number of carbonyl (C=O) groups is 1. The third kappa shape index (κ3) is 4.19. The maximum atomic E-state index is 13.4. The molecule has 1 N–H and O–H groups in total. The van der Waals surface area contributed by atoms with Gasteiger partial charge in [-0.2, -0.15) is 5.10 Å². The van der Waals surface area contributed by atoms with Gasteiger partial charge in [0.25, 0.3) is 0 Å². The minimum Gasteiger partial charge on any atom is -0.395 e. The number of urea groups is 1. The second kappa shape index (κ2) is 7.80. The summed E-state index contributed by atoms with van der Waals surface area (Å²) in [6.45, 7) is 0.132. The van der Waals surface area contributed by atoms with Crippen LogP contribution in [-0.4, -0.2) is 29.6 Å². The summed E-state index contributed by atoms with van der Waals surface area (Å²) in [6, 6.07) is 14.7. The van der Waals surface area contributed by atoms with Crippen molar-refractivity contribution in [3.8, 4) is 11.5 Å². The van der Waals surface area contributed by atoms with Crippen LogP contribution in [0.4, 0.5) is 28.0 Å². The van der Waals surface area contributed by atoms with Gasteiger partial charge in [0.1, 0.15) is 11.6 Å². The molecule has 2 amide bonds. The molecule has 2 aliphatic heterocycles. The van der Waals surface area contributed by atoms with Crippen molar-refractivity contribution < 1.29 is 31.8 Å². The molecule has 0 fully saturated rings. The molecule has 3 aromatic carbocycles. The van der Waals surface area contributed by atoms with Crippen LogP contribution in [0.25, 0.3) is 0 Å². The number of alkyl halides is 2. The Morgan fingerprint density at radius 2 is 1.58 bits per heavy atom. The van der Waals surface area contributed by atoms with Crippen molar-refractivity contribution in [2.24, 2.45) is 5.10 Å². The molecule has 3 aromatic rings. The number of benzene rings is 3. The predicted octanol–water partition coefficient (Wildman–Crippen LogP) is 5.32. The highest BCUT2D eigenvalue weighted by molar-refractivity contribution is 6.07. The first-order chi connectivity index (χ1) is 15.8. The zero-order valence-electron chi connectivity index (χ0n) is 16.8. The van der Waals surface area contributed by atoms with Crippen LogP contribution in [0.2, 0.25) is 0 Å². The Labute approximate surface area is 185 Å². The summed E-state index contributed by atoms with van der Waals surface area (Å²) in [5.41, 5.74) is 2.03. The van der Waals surface area contributed by atoms with Crippen LogP contribution in [0.3, 0.4) is 0 Å². The lowest BCUT2D eigenvalue weighted by molar-refractivity contribution is -0.286. The number of anilines is 1. The van der Waals surface area contributed by atoms with E-state index in [1.165, 1.54) is 47.5 Å². The van der Waals surface area contributed by atoms with E-state index >= 15 is 0 Å². The Morgan fingerprint density at radius 1 is 0.939 bits per heavy atom. The molecule has 0 saturated heterocycles. The highest BCUT2D eigenvalue weighted by Crippen LogP contribution is 2.42. The van der Waals surface area contributed by atoms with E-state index in [-0.39, 0.29) is 23.7 Å². The first kappa shape index (κ1) is 20.8. The summed E-state index contributed by atoms with van der Waals surface area (Å²) in [6.07, 6.45) is -3.77. The third-order valence-corrected chi connectivity index (χ3v) is 5.21. The zero-order valence-corrected chi connectivity index (χ0v) is 16.8. The molecule has 0 spiro atoms. The number of rotatable bonds is 3. The van der Waals surface area contributed by atoms with Crippen LogP contribution in [-0.2, 0) is 0 Å². The molecule has 10 heteroatoms. The van der Waals surface area contributed by atoms with Gasteiger partial charge in [0.2, 0.25) is 0 Å². The lowest BCUT2D eigenvalue weighted by Gasteiger charge is -2.16. The SMILES string of the molecule is O=C(Nc1ccc2c(c1)OC(F)(F)O2)N1CC(c2ccc(F)cc2)C(c2ccc(F)cc2)=N1. The van der Waals surface area contributed by atoms with E-state index in [1.807, 2.05) is 0 Å². The summed E-state index contributed by atoms with van der Waals surface area (Å²) in [4.78, 5) is 12.9. The molecule has 1 unspecified atom stereocenters. The molecule has 0 radical (unpaired) electrons. The van der Waals surface area contributed by atoms with Crippen molar-refractivity contribution in [3.63, 3.8) is 0 Å². The van der Waals surface area contributed by atoms with E-state index in [9.17, 15) is 22.4 Å².